The van der Waals surface area contributed by atoms with E-state index in [4.69, 9.17) is 9.47 Å². The highest BCUT2D eigenvalue weighted by atomic mass is 19.1. The number of rotatable bonds is 8. The largest absolute Gasteiger partial charge is 0.494 e. The van der Waals surface area contributed by atoms with Gasteiger partial charge in [-0.3, -0.25) is 14.6 Å². The van der Waals surface area contributed by atoms with Crippen molar-refractivity contribution in [1.29, 1.82) is 0 Å². The molecular weight excluding hydrogens is 399 g/mol. The molecule has 0 spiro atoms. The van der Waals surface area contributed by atoms with Gasteiger partial charge in [0.15, 0.2) is 17.9 Å². The van der Waals surface area contributed by atoms with Gasteiger partial charge in [0, 0.05) is 23.9 Å². The minimum atomic E-state index is -0.495. The van der Waals surface area contributed by atoms with Gasteiger partial charge >= 0.3 is 0 Å². The second-order valence-electron chi connectivity index (χ2n) is 7.24. The summed E-state index contributed by atoms with van der Waals surface area (Å²) in [4.78, 5) is 28.7. The maximum absolute atomic E-state index is 13.9. The van der Waals surface area contributed by atoms with Crippen molar-refractivity contribution in [3.05, 3.63) is 77.2 Å². The smallest absolute Gasteiger partial charge is 0.255 e. The molecule has 1 aromatic heterocycles. The number of aromatic nitrogens is 1. The lowest BCUT2D eigenvalue weighted by Gasteiger charge is -2.14. The third-order valence-corrected chi connectivity index (χ3v) is 4.95. The van der Waals surface area contributed by atoms with E-state index < -0.39 is 5.82 Å². The van der Waals surface area contributed by atoms with Crippen molar-refractivity contribution < 1.29 is 23.5 Å². The van der Waals surface area contributed by atoms with Crippen LogP contribution in [0.15, 0.2) is 54.7 Å². The molecule has 3 aromatic rings. The van der Waals surface area contributed by atoms with Crippen LogP contribution in [0.2, 0.25) is 0 Å². The molecule has 158 valence electrons. The van der Waals surface area contributed by atoms with Crippen molar-refractivity contribution in [2.45, 2.75) is 25.5 Å². The molecule has 6 nitrogen and oxygen atoms in total. The first-order valence-electron chi connectivity index (χ1n) is 9.91. The topological polar surface area (TPSA) is 77.5 Å². The molecular formula is C24H21FN2O4. The Balaban J connectivity index is 1.60. The van der Waals surface area contributed by atoms with Crippen LogP contribution in [0.1, 0.15) is 39.1 Å². The fourth-order valence-electron chi connectivity index (χ4n) is 3.17. The van der Waals surface area contributed by atoms with Gasteiger partial charge in [-0.05, 0) is 60.9 Å². The van der Waals surface area contributed by atoms with Gasteiger partial charge in [0.1, 0.15) is 5.75 Å². The summed E-state index contributed by atoms with van der Waals surface area (Å²) in [5.41, 5.74) is 2.48. The summed E-state index contributed by atoms with van der Waals surface area (Å²) in [5, 5.41) is 2.80. The van der Waals surface area contributed by atoms with E-state index in [2.05, 4.69) is 10.3 Å². The number of halogens is 1. The van der Waals surface area contributed by atoms with Gasteiger partial charge in [0.05, 0.1) is 24.5 Å². The average molecular weight is 420 g/mol. The summed E-state index contributed by atoms with van der Waals surface area (Å²) in [6, 6.07) is 13.0. The molecule has 1 amide bonds. The Bertz CT molecular complexity index is 1130. The molecule has 1 fully saturated rings. The molecule has 1 N–H and O–H groups in total. The molecule has 2 aromatic carbocycles. The van der Waals surface area contributed by atoms with E-state index in [1.54, 1.807) is 42.6 Å². The normalized spacial score (nSPS) is 12.8. The van der Waals surface area contributed by atoms with E-state index in [1.807, 2.05) is 0 Å². The highest BCUT2D eigenvalue weighted by molar-refractivity contribution is 5.98. The van der Waals surface area contributed by atoms with Gasteiger partial charge in [0.2, 0.25) is 0 Å². The van der Waals surface area contributed by atoms with E-state index in [-0.39, 0.29) is 24.3 Å². The van der Waals surface area contributed by atoms with Crippen LogP contribution in [-0.4, -0.2) is 30.4 Å². The Morgan fingerprint density at radius 1 is 1.19 bits per heavy atom. The molecule has 1 aliphatic carbocycles. The number of amides is 1. The number of carbonyl (C=O) groups excluding carboxylic acids is 2. The summed E-state index contributed by atoms with van der Waals surface area (Å²) >= 11 is 0. The van der Waals surface area contributed by atoms with Crippen LogP contribution in [0.3, 0.4) is 0 Å². The third-order valence-electron chi connectivity index (χ3n) is 4.95. The molecule has 0 bridgehead atoms. The van der Waals surface area contributed by atoms with Gasteiger partial charge in [-0.1, -0.05) is 6.07 Å². The quantitative estimate of drug-likeness (QED) is 0.553. The zero-order chi connectivity index (χ0) is 21.8. The van der Waals surface area contributed by atoms with Crippen molar-refractivity contribution in [1.82, 2.24) is 10.3 Å². The number of methoxy groups -OCH3 is 1. The van der Waals surface area contributed by atoms with Crippen LogP contribution in [0.4, 0.5) is 4.39 Å². The number of hydrogen-bond donors (Lipinski definition) is 1. The lowest BCUT2D eigenvalue weighted by Crippen LogP contribution is -2.24. The second-order valence-corrected chi connectivity index (χ2v) is 7.24. The standard InChI is InChI=1S/C24H21FN2O4/c1-30-22-8-4-15(11-20(22)25)13-27-24(29)19-12-16(5-9-21(19)31-18-6-7-18)23-17(14-28)3-2-10-26-23/h2-5,8-12,14,18H,6-7,13H2,1H3,(H,27,29). The number of carbonyl (C=O) groups is 2. The van der Waals surface area contributed by atoms with Crippen LogP contribution in [-0.2, 0) is 6.54 Å². The zero-order valence-corrected chi connectivity index (χ0v) is 16.9. The molecule has 31 heavy (non-hydrogen) atoms. The zero-order valence-electron chi connectivity index (χ0n) is 16.9. The maximum atomic E-state index is 13.9. The Hall–Kier alpha value is -3.74. The molecule has 0 radical (unpaired) electrons. The van der Waals surface area contributed by atoms with Crippen molar-refractivity contribution in [3.63, 3.8) is 0 Å². The van der Waals surface area contributed by atoms with Gasteiger partial charge in [-0.15, -0.1) is 0 Å². The molecule has 1 heterocycles. The summed E-state index contributed by atoms with van der Waals surface area (Å²) in [5.74, 6) is -0.250. The fourth-order valence-corrected chi connectivity index (χ4v) is 3.17. The lowest BCUT2D eigenvalue weighted by atomic mass is 10.0. The predicted molar refractivity (Wildman–Crippen MR) is 113 cm³/mol. The average Bonchev–Trinajstić information content (AvgIpc) is 3.62. The number of pyridine rings is 1. The molecule has 0 unspecified atom stereocenters. The van der Waals surface area contributed by atoms with Crippen molar-refractivity contribution in [2.75, 3.05) is 7.11 Å². The first-order valence-corrected chi connectivity index (χ1v) is 9.91. The van der Waals surface area contributed by atoms with E-state index in [0.29, 0.717) is 33.7 Å². The minimum Gasteiger partial charge on any atom is -0.494 e. The van der Waals surface area contributed by atoms with E-state index in [9.17, 15) is 14.0 Å². The summed E-state index contributed by atoms with van der Waals surface area (Å²) in [6.45, 7) is 0.135. The minimum absolute atomic E-state index is 0.105. The Morgan fingerprint density at radius 2 is 2.00 bits per heavy atom. The first kappa shape index (κ1) is 20.5. The van der Waals surface area contributed by atoms with E-state index >= 15 is 0 Å². The monoisotopic (exact) mass is 420 g/mol. The summed E-state index contributed by atoms with van der Waals surface area (Å²) < 4.78 is 24.7. The first-order chi connectivity index (χ1) is 15.1. The molecule has 0 saturated heterocycles. The SMILES string of the molecule is COc1ccc(CNC(=O)c2cc(-c3ncccc3C=O)ccc2OC2CC2)cc1F. The van der Waals surface area contributed by atoms with Crippen LogP contribution in [0.25, 0.3) is 11.3 Å². The molecule has 4 rings (SSSR count). The number of benzene rings is 2. The van der Waals surface area contributed by atoms with Crippen molar-refractivity contribution in [2.24, 2.45) is 0 Å². The van der Waals surface area contributed by atoms with E-state index in [0.717, 1.165) is 19.1 Å². The number of hydrogen-bond acceptors (Lipinski definition) is 5. The summed E-state index contributed by atoms with van der Waals surface area (Å²) in [6.07, 6.45) is 4.32. The van der Waals surface area contributed by atoms with Gasteiger partial charge in [-0.25, -0.2) is 4.39 Å². The predicted octanol–water partition coefficient (Wildman–Crippen LogP) is 4.18. The second kappa shape index (κ2) is 8.95. The third kappa shape index (κ3) is 4.71. The molecule has 0 aliphatic heterocycles. The molecule has 1 aliphatic rings. The molecule has 0 atom stereocenters. The van der Waals surface area contributed by atoms with Gasteiger partial charge < -0.3 is 14.8 Å². The molecule has 1 saturated carbocycles. The van der Waals surface area contributed by atoms with Crippen LogP contribution in [0.5, 0.6) is 11.5 Å². The lowest BCUT2D eigenvalue weighted by molar-refractivity contribution is 0.0946. The Labute approximate surface area is 179 Å². The van der Waals surface area contributed by atoms with E-state index in [1.165, 1.54) is 19.2 Å². The Kier molecular flexibility index (Phi) is 5.93. The van der Waals surface area contributed by atoms with Crippen molar-refractivity contribution >= 4 is 12.2 Å². The van der Waals surface area contributed by atoms with Crippen LogP contribution in [0, 0.1) is 5.82 Å². The van der Waals surface area contributed by atoms with Crippen LogP contribution >= 0.6 is 0 Å². The Morgan fingerprint density at radius 3 is 2.71 bits per heavy atom. The number of aldehydes is 1. The van der Waals surface area contributed by atoms with Gasteiger partial charge in [-0.2, -0.15) is 0 Å². The maximum Gasteiger partial charge on any atom is 0.255 e. The summed E-state index contributed by atoms with van der Waals surface area (Å²) in [7, 11) is 1.39. The number of ether oxygens (including phenoxy) is 2. The highest BCUT2D eigenvalue weighted by Gasteiger charge is 2.26. The molecule has 7 heteroatoms. The van der Waals surface area contributed by atoms with Crippen LogP contribution < -0.4 is 14.8 Å². The number of nitrogens with zero attached hydrogens (tertiary/aromatic N) is 1. The highest BCUT2D eigenvalue weighted by Crippen LogP contribution is 2.32. The number of nitrogens with one attached hydrogen (secondary N) is 1. The van der Waals surface area contributed by atoms with Gasteiger partial charge in [0.25, 0.3) is 5.91 Å². The fraction of sp³-hybridized carbons (Fsp3) is 0.208. The van der Waals surface area contributed by atoms with Crippen molar-refractivity contribution in [3.8, 4) is 22.8 Å².